The van der Waals surface area contributed by atoms with Gasteiger partial charge in [-0.25, -0.2) is 18.5 Å². The maximum atomic E-state index is 11.8. The first-order valence-electron chi connectivity index (χ1n) is 5.18. The summed E-state index contributed by atoms with van der Waals surface area (Å²) in [6.07, 6.45) is 1.20. The Morgan fingerprint density at radius 1 is 1.42 bits per heavy atom. The van der Waals surface area contributed by atoms with Gasteiger partial charge in [-0.05, 0) is 24.6 Å². The Hall–Kier alpha value is -2.26. The highest BCUT2D eigenvalue weighted by molar-refractivity contribution is 7.89. The first kappa shape index (κ1) is 13.2. The highest BCUT2D eigenvalue weighted by Crippen LogP contribution is 2.22. The van der Waals surface area contributed by atoms with Gasteiger partial charge in [0.15, 0.2) is 0 Å². The number of primary sulfonamides is 1. The molecule has 0 spiro atoms. The first-order chi connectivity index (χ1) is 8.89. The van der Waals surface area contributed by atoms with Gasteiger partial charge in [0.05, 0.1) is 4.90 Å². The number of benzene rings is 1. The van der Waals surface area contributed by atoms with Crippen LogP contribution >= 0.6 is 0 Å². The average Bonchev–Trinajstić information content (AvgIpc) is 2.83. The summed E-state index contributed by atoms with van der Waals surface area (Å²) in [6, 6.07) is 4.43. The van der Waals surface area contributed by atoms with Crippen LogP contribution in [0, 0.1) is 6.92 Å². The zero-order valence-electron chi connectivity index (χ0n) is 9.91. The van der Waals surface area contributed by atoms with Gasteiger partial charge < -0.3 is 5.32 Å². The quantitative estimate of drug-likeness (QED) is 0.729. The van der Waals surface area contributed by atoms with Crippen LogP contribution in [0.3, 0.4) is 0 Å². The van der Waals surface area contributed by atoms with E-state index in [9.17, 15) is 13.2 Å². The number of anilines is 1. The largest absolute Gasteiger partial charge is 0.319 e. The molecule has 0 unspecified atom stereocenters. The summed E-state index contributed by atoms with van der Waals surface area (Å²) in [4.78, 5) is 15.4. The van der Waals surface area contributed by atoms with Crippen molar-refractivity contribution in [2.45, 2.75) is 11.8 Å². The molecule has 0 aliphatic carbocycles. The minimum atomic E-state index is -3.83. The minimum absolute atomic E-state index is 0.0282. The van der Waals surface area contributed by atoms with Gasteiger partial charge in [-0.15, -0.1) is 0 Å². The fraction of sp³-hybridized carbons (Fsp3) is 0.100. The Bertz CT molecular complexity index is 709. The van der Waals surface area contributed by atoms with E-state index in [1.54, 1.807) is 13.0 Å². The molecule has 2 rings (SSSR count). The van der Waals surface area contributed by atoms with Crippen molar-refractivity contribution in [1.29, 1.82) is 0 Å². The molecule has 2 aromatic rings. The van der Waals surface area contributed by atoms with E-state index < -0.39 is 15.9 Å². The van der Waals surface area contributed by atoms with E-state index in [1.165, 1.54) is 18.5 Å². The molecule has 0 radical (unpaired) electrons. The Morgan fingerprint density at radius 3 is 2.74 bits per heavy atom. The number of carbonyl (C=O) groups excluding carboxylic acids is 1. The second kappa shape index (κ2) is 4.78. The van der Waals surface area contributed by atoms with Crippen molar-refractivity contribution in [3.8, 4) is 0 Å². The average molecular weight is 281 g/mol. The van der Waals surface area contributed by atoms with Gasteiger partial charge in [0.2, 0.25) is 15.8 Å². The second-order valence-corrected chi connectivity index (χ2v) is 5.29. The normalized spacial score (nSPS) is 11.3. The Morgan fingerprint density at radius 2 is 2.16 bits per heavy atom. The lowest BCUT2D eigenvalue weighted by molar-refractivity contribution is 0.101. The second-order valence-electron chi connectivity index (χ2n) is 3.76. The van der Waals surface area contributed by atoms with Gasteiger partial charge in [-0.1, -0.05) is 6.07 Å². The molecule has 1 amide bonds. The lowest BCUT2D eigenvalue weighted by Gasteiger charge is -2.10. The third-order valence-electron chi connectivity index (χ3n) is 2.47. The van der Waals surface area contributed by atoms with E-state index in [4.69, 9.17) is 5.14 Å². The van der Waals surface area contributed by atoms with Crippen LogP contribution < -0.4 is 10.5 Å². The Balaban J connectivity index is 2.35. The maximum absolute atomic E-state index is 11.8. The number of hydrogen-bond donors (Lipinski definition) is 3. The third kappa shape index (κ3) is 2.77. The molecule has 1 heterocycles. The van der Waals surface area contributed by atoms with Gasteiger partial charge in [0, 0.05) is 5.69 Å². The number of nitrogens with two attached hydrogens (primary N) is 1. The van der Waals surface area contributed by atoms with Crippen LogP contribution in [0.25, 0.3) is 0 Å². The number of H-pyrrole nitrogens is 1. The predicted octanol–water partition coefficient (Wildman–Crippen LogP) is 0.0128. The van der Waals surface area contributed by atoms with Crippen LogP contribution in [0.5, 0.6) is 0 Å². The summed E-state index contributed by atoms with van der Waals surface area (Å²) in [5.74, 6) is -0.493. The SMILES string of the molecule is Cc1c(NC(=O)c2ncn[nH]2)cccc1S(N)(=O)=O. The van der Waals surface area contributed by atoms with Crippen molar-refractivity contribution in [2.24, 2.45) is 5.14 Å². The predicted molar refractivity (Wildman–Crippen MR) is 66.9 cm³/mol. The lowest BCUT2D eigenvalue weighted by atomic mass is 10.2. The van der Waals surface area contributed by atoms with Crippen molar-refractivity contribution >= 4 is 21.6 Å². The molecule has 0 fully saturated rings. The third-order valence-corrected chi connectivity index (χ3v) is 3.52. The van der Waals surface area contributed by atoms with Crippen molar-refractivity contribution < 1.29 is 13.2 Å². The standard InChI is InChI=1S/C10H11N5O3S/c1-6-7(3-2-4-8(6)19(11,17)18)14-10(16)9-12-5-13-15-9/h2-5H,1H3,(H,14,16)(H2,11,17,18)(H,12,13,15). The van der Waals surface area contributed by atoms with Crippen LogP contribution in [0.2, 0.25) is 0 Å². The zero-order valence-corrected chi connectivity index (χ0v) is 10.7. The van der Waals surface area contributed by atoms with E-state index >= 15 is 0 Å². The maximum Gasteiger partial charge on any atom is 0.292 e. The molecule has 0 aliphatic rings. The van der Waals surface area contributed by atoms with Crippen molar-refractivity contribution in [2.75, 3.05) is 5.32 Å². The molecule has 0 aliphatic heterocycles. The number of nitrogens with zero attached hydrogens (tertiary/aromatic N) is 2. The summed E-state index contributed by atoms with van der Waals surface area (Å²) in [5, 5.41) is 13.6. The first-order valence-corrected chi connectivity index (χ1v) is 6.73. The molecule has 0 atom stereocenters. The topological polar surface area (TPSA) is 131 Å². The fourth-order valence-corrected chi connectivity index (χ4v) is 2.36. The van der Waals surface area contributed by atoms with Crippen molar-refractivity contribution in [3.63, 3.8) is 0 Å². The molecule has 0 saturated heterocycles. The van der Waals surface area contributed by atoms with Gasteiger partial charge in [0.1, 0.15) is 6.33 Å². The number of carbonyl (C=O) groups is 1. The molecule has 4 N–H and O–H groups in total. The van der Waals surface area contributed by atoms with Crippen molar-refractivity contribution in [3.05, 3.63) is 35.9 Å². The van der Waals surface area contributed by atoms with Gasteiger partial charge in [-0.2, -0.15) is 5.10 Å². The number of hydrogen-bond acceptors (Lipinski definition) is 5. The van der Waals surface area contributed by atoms with Gasteiger partial charge in [0.25, 0.3) is 5.91 Å². The Kier molecular flexibility index (Phi) is 3.32. The summed E-state index contributed by atoms with van der Waals surface area (Å²) in [7, 11) is -3.83. The summed E-state index contributed by atoms with van der Waals surface area (Å²) in [5.41, 5.74) is 0.700. The molecule has 0 saturated carbocycles. The molecular formula is C10H11N5O3S. The highest BCUT2D eigenvalue weighted by Gasteiger charge is 2.16. The summed E-state index contributed by atoms with van der Waals surface area (Å²) >= 11 is 0. The van der Waals surface area contributed by atoms with Gasteiger partial charge in [-0.3, -0.25) is 9.89 Å². The van der Waals surface area contributed by atoms with Crippen molar-refractivity contribution in [1.82, 2.24) is 15.2 Å². The fourth-order valence-electron chi connectivity index (χ4n) is 1.55. The highest BCUT2D eigenvalue weighted by atomic mass is 32.2. The smallest absolute Gasteiger partial charge is 0.292 e. The number of amides is 1. The molecular weight excluding hydrogens is 270 g/mol. The van der Waals surface area contributed by atoms with Crippen LogP contribution in [-0.2, 0) is 10.0 Å². The van der Waals surface area contributed by atoms with Crippen LogP contribution in [0.1, 0.15) is 16.2 Å². The molecule has 9 heteroatoms. The molecule has 100 valence electrons. The van der Waals surface area contributed by atoms with Gasteiger partial charge >= 0.3 is 0 Å². The minimum Gasteiger partial charge on any atom is -0.319 e. The summed E-state index contributed by atoms with van der Waals surface area (Å²) < 4.78 is 22.7. The number of sulfonamides is 1. The Labute approximate surface area is 109 Å². The number of nitrogens with one attached hydrogen (secondary N) is 2. The molecule has 8 nitrogen and oxygen atoms in total. The van der Waals surface area contributed by atoms with Crippen LogP contribution in [0.4, 0.5) is 5.69 Å². The van der Waals surface area contributed by atoms with E-state index in [0.29, 0.717) is 11.3 Å². The van der Waals surface area contributed by atoms with E-state index in [0.717, 1.165) is 0 Å². The lowest BCUT2D eigenvalue weighted by Crippen LogP contribution is -2.17. The van der Waals surface area contributed by atoms with Crippen LogP contribution in [-0.4, -0.2) is 29.5 Å². The zero-order chi connectivity index (χ0) is 14.0. The monoisotopic (exact) mass is 281 g/mol. The van der Waals surface area contributed by atoms with E-state index in [-0.39, 0.29) is 10.7 Å². The summed E-state index contributed by atoms with van der Waals surface area (Å²) in [6.45, 7) is 1.55. The number of aromatic nitrogens is 3. The van der Waals surface area contributed by atoms with E-state index in [2.05, 4.69) is 20.5 Å². The number of rotatable bonds is 3. The molecule has 19 heavy (non-hydrogen) atoms. The number of aromatic amines is 1. The molecule has 1 aromatic carbocycles. The van der Waals surface area contributed by atoms with Crippen LogP contribution in [0.15, 0.2) is 29.4 Å². The molecule has 0 bridgehead atoms. The van der Waals surface area contributed by atoms with E-state index in [1.807, 2.05) is 0 Å². The molecule has 1 aromatic heterocycles.